The quantitative estimate of drug-likeness (QED) is 0.217. The number of aryl methyl sites for hydroxylation is 3. The standard InChI is InChI=1S/C29H36F3N7O3/c1-20-7-10-23(18-34-20)42-16-15-39(13-3-2-6-22-9-8-21-5-4-12-33-27(21)37-22)14-11-24(28(40)41)38-26-17-25(29(30,31)32)35-19-36-26/h7-10,17-19,24H,2-6,11-16H2,1H3,(H,33,37)(H,40,41)(H,35,36,38). The zero-order valence-electron chi connectivity index (χ0n) is 23.5. The maximum Gasteiger partial charge on any atom is 0.433 e. The highest BCUT2D eigenvalue weighted by atomic mass is 19.4. The number of hydrogen-bond acceptors (Lipinski definition) is 9. The van der Waals surface area contributed by atoms with Gasteiger partial charge in [-0.15, -0.1) is 0 Å². The molecule has 0 radical (unpaired) electrons. The zero-order chi connectivity index (χ0) is 30.0. The van der Waals surface area contributed by atoms with E-state index in [1.807, 2.05) is 19.1 Å². The molecule has 0 fully saturated rings. The van der Waals surface area contributed by atoms with Gasteiger partial charge in [0.1, 0.15) is 42.1 Å². The molecule has 10 nitrogen and oxygen atoms in total. The van der Waals surface area contributed by atoms with E-state index in [-0.39, 0.29) is 12.2 Å². The molecule has 0 aromatic carbocycles. The zero-order valence-corrected chi connectivity index (χ0v) is 23.5. The van der Waals surface area contributed by atoms with Crippen LogP contribution in [-0.4, -0.2) is 74.7 Å². The molecule has 1 aliphatic rings. The fraction of sp³-hybridized carbons (Fsp3) is 0.483. The fourth-order valence-electron chi connectivity index (χ4n) is 4.66. The van der Waals surface area contributed by atoms with Gasteiger partial charge < -0.3 is 20.5 Å². The number of pyridine rings is 2. The summed E-state index contributed by atoms with van der Waals surface area (Å²) < 4.78 is 45.0. The Labute approximate surface area is 242 Å². The van der Waals surface area contributed by atoms with Gasteiger partial charge in [0, 0.05) is 37.1 Å². The lowest BCUT2D eigenvalue weighted by Gasteiger charge is -2.25. The molecule has 3 N–H and O–H groups in total. The lowest BCUT2D eigenvalue weighted by atomic mass is 10.1. The number of rotatable bonds is 15. The molecule has 0 bridgehead atoms. The van der Waals surface area contributed by atoms with E-state index in [2.05, 4.69) is 42.6 Å². The summed E-state index contributed by atoms with van der Waals surface area (Å²) in [5.41, 5.74) is 2.02. The van der Waals surface area contributed by atoms with E-state index in [9.17, 15) is 23.1 Å². The number of nitrogens with zero attached hydrogens (tertiary/aromatic N) is 5. The molecule has 1 aliphatic heterocycles. The second-order valence-corrected chi connectivity index (χ2v) is 10.2. The van der Waals surface area contributed by atoms with Crippen molar-refractivity contribution in [3.8, 4) is 5.75 Å². The van der Waals surface area contributed by atoms with Crippen LogP contribution < -0.4 is 15.4 Å². The van der Waals surface area contributed by atoms with Gasteiger partial charge in [-0.1, -0.05) is 6.07 Å². The summed E-state index contributed by atoms with van der Waals surface area (Å²) in [6.45, 7) is 4.81. The Hall–Kier alpha value is -4.00. The number of aliphatic carboxylic acids is 1. The molecule has 4 rings (SSSR count). The number of fused-ring (bicyclic) bond motifs is 1. The number of alkyl halides is 3. The first-order valence-electron chi connectivity index (χ1n) is 14.1. The molecular formula is C29H36F3N7O3. The number of aromatic nitrogens is 4. The topological polar surface area (TPSA) is 125 Å². The Morgan fingerprint density at radius 3 is 2.76 bits per heavy atom. The molecule has 0 saturated heterocycles. The first-order chi connectivity index (χ1) is 20.2. The number of hydrogen-bond donors (Lipinski definition) is 3. The highest BCUT2D eigenvalue weighted by molar-refractivity contribution is 5.76. The summed E-state index contributed by atoms with van der Waals surface area (Å²) in [4.78, 5) is 30.0. The Morgan fingerprint density at radius 2 is 2.00 bits per heavy atom. The highest BCUT2D eigenvalue weighted by Gasteiger charge is 2.33. The monoisotopic (exact) mass is 587 g/mol. The van der Waals surface area contributed by atoms with E-state index in [1.54, 1.807) is 6.20 Å². The van der Waals surface area contributed by atoms with Crippen molar-refractivity contribution in [1.82, 2.24) is 24.8 Å². The van der Waals surface area contributed by atoms with E-state index in [0.29, 0.717) is 38.1 Å². The Kier molecular flexibility index (Phi) is 10.9. The average Bonchev–Trinajstić information content (AvgIpc) is 2.97. The van der Waals surface area contributed by atoms with E-state index in [1.165, 1.54) is 5.56 Å². The van der Waals surface area contributed by atoms with Gasteiger partial charge in [-0.2, -0.15) is 13.2 Å². The first kappa shape index (κ1) is 30.9. The van der Waals surface area contributed by atoms with E-state index >= 15 is 0 Å². The Morgan fingerprint density at radius 1 is 1.14 bits per heavy atom. The van der Waals surface area contributed by atoms with Crippen LogP contribution in [-0.2, 0) is 23.8 Å². The van der Waals surface area contributed by atoms with Crippen LogP contribution in [0.25, 0.3) is 0 Å². The number of carbonyl (C=O) groups is 1. The number of ether oxygens (including phenoxy) is 1. The van der Waals surface area contributed by atoms with Crippen molar-refractivity contribution in [1.29, 1.82) is 0 Å². The van der Waals surface area contributed by atoms with Crippen LogP contribution in [0.1, 0.15) is 48.3 Å². The minimum Gasteiger partial charge on any atom is -0.491 e. The molecule has 0 saturated carbocycles. The molecule has 1 unspecified atom stereocenters. The lowest BCUT2D eigenvalue weighted by Crippen LogP contribution is -2.37. The first-order valence-corrected chi connectivity index (χ1v) is 14.1. The predicted octanol–water partition coefficient (Wildman–Crippen LogP) is 4.61. The molecule has 13 heteroatoms. The SMILES string of the molecule is Cc1ccc(OCCN(CCCCc2ccc3c(n2)NCCC3)CCC(Nc2cc(C(F)(F)F)ncn2)C(=O)O)cn1. The normalized spacial score (nSPS) is 13.7. The number of unbranched alkanes of at least 4 members (excludes halogenated alkanes) is 1. The van der Waals surface area contributed by atoms with Crippen molar-refractivity contribution in [2.75, 3.05) is 43.4 Å². The largest absolute Gasteiger partial charge is 0.491 e. The van der Waals surface area contributed by atoms with Crippen molar-refractivity contribution in [3.63, 3.8) is 0 Å². The third-order valence-electron chi connectivity index (χ3n) is 6.98. The predicted molar refractivity (Wildman–Crippen MR) is 152 cm³/mol. The summed E-state index contributed by atoms with van der Waals surface area (Å²) in [6, 6.07) is 7.49. The van der Waals surface area contributed by atoms with Crippen molar-refractivity contribution in [3.05, 3.63) is 65.5 Å². The van der Waals surface area contributed by atoms with Crippen LogP contribution in [0, 0.1) is 6.92 Å². The number of nitrogens with one attached hydrogen (secondary N) is 2. The van der Waals surface area contributed by atoms with Gasteiger partial charge in [0.15, 0.2) is 0 Å². The summed E-state index contributed by atoms with van der Waals surface area (Å²) in [6.07, 6.45) is 2.62. The highest BCUT2D eigenvalue weighted by Crippen LogP contribution is 2.28. The van der Waals surface area contributed by atoms with Crippen LogP contribution in [0.5, 0.6) is 5.75 Å². The number of halogens is 3. The van der Waals surface area contributed by atoms with Gasteiger partial charge in [-0.05, 0) is 75.8 Å². The van der Waals surface area contributed by atoms with Gasteiger partial charge in [-0.3, -0.25) is 9.88 Å². The summed E-state index contributed by atoms with van der Waals surface area (Å²) in [7, 11) is 0. The minimum absolute atomic E-state index is 0.144. The van der Waals surface area contributed by atoms with Crippen molar-refractivity contribution in [2.45, 2.75) is 57.7 Å². The summed E-state index contributed by atoms with van der Waals surface area (Å²) in [5.74, 6) is 0.234. The molecule has 0 aliphatic carbocycles. The number of carboxylic acid groups (broad SMARTS) is 1. The van der Waals surface area contributed by atoms with Crippen molar-refractivity contribution < 1.29 is 27.8 Å². The minimum atomic E-state index is -4.66. The van der Waals surface area contributed by atoms with Gasteiger partial charge in [0.2, 0.25) is 0 Å². The Balaban J connectivity index is 1.33. The number of anilines is 2. The van der Waals surface area contributed by atoms with Gasteiger partial charge in [0.05, 0.1) is 6.20 Å². The molecule has 226 valence electrons. The lowest BCUT2D eigenvalue weighted by molar-refractivity contribution is -0.141. The van der Waals surface area contributed by atoms with Crippen LogP contribution in [0.4, 0.5) is 24.8 Å². The van der Waals surface area contributed by atoms with Crippen LogP contribution >= 0.6 is 0 Å². The van der Waals surface area contributed by atoms with E-state index in [0.717, 1.165) is 62.2 Å². The molecular weight excluding hydrogens is 551 g/mol. The van der Waals surface area contributed by atoms with Crippen molar-refractivity contribution in [2.24, 2.45) is 0 Å². The smallest absolute Gasteiger partial charge is 0.433 e. The Bertz CT molecular complexity index is 1310. The molecule has 42 heavy (non-hydrogen) atoms. The summed E-state index contributed by atoms with van der Waals surface area (Å²) in [5, 5.41) is 15.7. The maximum atomic E-state index is 13.0. The van der Waals surface area contributed by atoms with Crippen LogP contribution in [0.3, 0.4) is 0 Å². The van der Waals surface area contributed by atoms with Gasteiger partial charge in [-0.25, -0.2) is 19.7 Å². The maximum absolute atomic E-state index is 13.0. The van der Waals surface area contributed by atoms with Crippen LogP contribution in [0.2, 0.25) is 0 Å². The third-order valence-corrected chi connectivity index (χ3v) is 6.98. The third kappa shape index (κ3) is 9.54. The molecule has 3 aromatic rings. The number of carboxylic acids is 1. The van der Waals surface area contributed by atoms with E-state index < -0.39 is 23.9 Å². The fourth-order valence-corrected chi connectivity index (χ4v) is 4.66. The summed E-state index contributed by atoms with van der Waals surface area (Å²) >= 11 is 0. The van der Waals surface area contributed by atoms with Crippen LogP contribution in [0.15, 0.2) is 42.9 Å². The van der Waals surface area contributed by atoms with Gasteiger partial charge >= 0.3 is 12.1 Å². The van der Waals surface area contributed by atoms with Gasteiger partial charge in [0.25, 0.3) is 0 Å². The molecule has 0 spiro atoms. The average molecular weight is 588 g/mol. The second-order valence-electron chi connectivity index (χ2n) is 10.2. The molecule has 0 amide bonds. The molecule has 4 heterocycles. The second kappa shape index (κ2) is 14.8. The van der Waals surface area contributed by atoms with E-state index in [4.69, 9.17) is 9.72 Å². The molecule has 3 aromatic heterocycles. The molecule has 1 atom stereocenters. The van der Waals surface area contributed by atoms with Crippen molar-refractivity contribution >= 4 is 17.6 Å².